The first-order valence-electron chi connectivity index (χ1n) is 12.7. The van der Waals surface area contributed by atoms with Gasteiger partial charge in [-0.25, -0.2) is 0 Å². The van der Waals surface area contributed by atoms with Gasteiger partial charge in [0.1, 0.15) is 23.6 Å². The van der Waals surface area contributed by atoms with Gasteiger partial charge in [0, 0.05) is 24.6 Å². The number of fused-ring (bicyclic) bond motifs is 1. The number of rotatable bonds is 11. The standard InChI is InChI=1S/C26H39N3O5S/c1-4-5-6-10-13-27-24(32)20-16-35-26-22(30)21(34-15-18-11-8-7-9-12-18)14-19(25(33)29(20)26)28-23(31)17(2)3/h7-9,11-12,17,19-22,26,30H,4-6,10,13-16H2,1-3H3,(H,27,32)(H,28,31)/t19-,20+,21+,22-,26-/m1/s1. The van der Waals surface area contributed by atoms with Crippen LogP contribution in [0.3, 0.4) is 0 Å². The Hall–Kier alpha value is -2.10. The average Bonchev–Trinajstić information content (AvgIpc) is 3.27. The minimum Gasteiger partial charge on any atom is -0.387 e. The summed E-state index contributed by atoms with van der Waals surface area (Å²) in [5.41, 5.74) is 0.953. The van der Waals surface area contributed by atoms with Gasteiger partial charge in [0.15, 0.2) is 0 Å². The molecule has 0 radical (unpaired) electrons. The zero-order chi connectivity index (χ0) is 25.4. The van der Waals surface area contributed by atoms with Crippen LogP contribution in [0.5, 0.6) is 0 Å². The first-order valence-corrected chi connectivity index (χ1v) is 13.7. The number of hydrogen-bond donors (Lipinski definition) is 3. The molecule has 0 aliphatic carbocycles. The normalized spacial score (nSPS) is 26.4. The van der Waals surface area contributed by atoms with Gasteiger partial charge in [-0.1, -0.05) is 70.4 Å². The highest BCUT2D eigenvalue weighted by Crippen LogP contribution is 2.37. The maximum Gasteiger partial charge on any atom is 0.246 e. The van der Waals surface area contributed by atoms with Crippen molar-refractivity contribution in [3.63, 3.8) is 0 Å². The minimum atomic E-state index is -0.990. The molecule has 194 valence electrons. The summed E-state index contributed by atoms with van der Waals surface area (Å²) in [6.07, 6.45) is 2.66. The molecule has 3 rings (SSSR count). The van der Waals surface area contributed by atoms with Crippen LogP contribution in [-0.2, 0) is 25.7 Å². The third-order valence-electron chi connectivity index (χ3n) is 6.51. The van der Waals surface area contributed by atoms with E-state index in [1.54, 1.807) is 13.8 Å². The van der Waals surface area contributed by atoms with Crippen molar-refractivity contribution in [1.29, 1.82) is 0 Å². The van der Waals surface area contributed by atoms with Crippen LogP contribution in [0.25, 0.3) is 0 Å². The molecule has 3 N–H and O–H groups in total. The van der Waals surface area contributed by atoms with E-state index in [1.165, 1.54) is 16.7 Å². The number of benzene rings is 1. The fourth-order valence-corrected chi connectivity index (χ4v) is 5.87. The Kier molecular flexibility index (Phi) is 10.4. The molecular weight excluding hydrogens is 466 g/mol. The predicted molar refractivity (Wildman–Crippen MR) is 136 cm³/mol. The van der Waals surface area contributed by atoms with Crippen molar-refractivity contribution >= 4 is 29.5 Å². The number of carbonyl (C=O) groups excluding carboxylic acids is 3. The van der Waals surface area contributed by atoms with Gasteiger partial charge in [0.25, 0.3) is 0 Å². The van der Waals surface area contributed by atoms with Crippen molar-refractivity contribution in [2.75, 3.05) is 12.3 Å². The molecule has 2 aliphatic rings. The topological polar surface area (TPSA) is 108 Å². The van der Waals surface area contributed by atoms with Crippen LogP contribution in [0.2, 0.25) is 0 Å². The van der Waals surface area contributed by atoms with E-state index < -0.39 is 29.7 Å². The van der Waals surface area contributed by atoms with Gasteiger partial charge in [0.05, 0.1) is 12.7 Å². The van der Waals surface area contributed by atoms with Gasteiger partial charge in [-0.2, -0.15) is 0 Å². The lowest BCUT2D eigenvalue weighted by atomic mass is 10.0. The van der Waals surface area contributed by atoms with Crippen molar-refractivity contribution < 1.29 is 24.2 Å². The molecule has 2 fully saturated rings. The van der Waals surface area contributed by atoms with Crippen molar-refractivity contribution in [2.24, 2.45) is 5.92 Å². The molecule has 3 amide bonds. The molecule has 2 heterocycles. The van der Waals surface area contributed by atoms with Gasteiger partial charge in [-0.3, -0.25) is 14.4 Å². The van der Waals surface area contributed by atoms with Crippen molar-refractivity contribution in [2.45, 2.75) is 89.1 Å². The van der Waals surface area contributed by atoms with E-state index >= 15 is 0 Å². The second kappa shape index (κ2) is 13.3. The highest BCUT2D eigenvalue weighted by Gasteiger charge is 2.51. The van der Waals surface area contributed by atoms with Gasteiger partial charge >= 0.3 is 0 Å². The molecule has 9 heteroatoms. The van der Waals surface area contributed by atoms with Crippen molar-refractivity contribution in [3.8, 4) is 0 Å². The lowest BCUT2D eigenvalue weighted by molar-refractivity contribution is -0.143. The van der Waals surface area contributed by atoms with Crippen LogP contribution in [0.15, 0.2) is 30.3 Å². The molecule has 5 atom stereocenters. The number of hydrogen-bond acceptors (Lipinski definition) is 6. The fraction of sp³-hybridized carbons (Fsp3) is 0.654. The monoisotopic (exact) mass is 505 g/mol. The van der Waals surface area contributed by atoms with E-state index in [4.69, 9.17) is 4.74 Å². The van der Waals surface area contributed by atoms with Gasteiger partial charge < -0.3 is 25.4 Å². The molecule has 0 aromatic heterocycles. The highest BCUT2D eigenvalue weighted by molar-refractivity contribution is 8.00. The van der Waals surface area contributed by atoms with Crippen LogP contribution in [0, 0.1) is 5.92 Å². The summed E-state index contributed by atoms with van der Waals surface area (Å²) < 4.78 is 6.09. The second-order valence-electron chi connectivity index (χ2n) is 9.61. The van der Waals surface area contributed by atoms with Crippen molar-refractivity contribution in [1.82, 2.24) is 15.5 Å². The summed E-state index contributed by atoms with van der Waals surface area (Å²) >= 11 is 1.39. The van der Waals surface area contributed by atoms with E-state index in [-0.39, 0.29) is 36.7 Å². The summed E-state index contributed by atoms with van der Waals surface area (Å²) in [4.78, 5) is 40.6. The Morgan fingerprint density at radius 3 is 2.63 bits per heavy atom. The number of unbranched alkanes of at least 4 members (excludes halogenated alkanes) is 3. The average molecular weight is 506 g/mol. The van der Waals surface area contributed by atoms with Gasteiger partial charge in [-0.05, 0) is 12.0 Å². The van der Waals surface area contributed by atoms with E-state index in [9.17, 15) is 19.5 Å². The molecule has 0 saturated carbocycles. The Morgan fingerprint density at radius 2 is 1.94 bits per heavy atom. The van der Waals surface area contributed by atoms with Crippen LogP contribution < -0.4 is 10.6 Å². The van der Waals surface area contributed by atoms with Crippen LogP contribution >= 0.6 is 11.8 Å². The lowest BCUT2D eigenvalue weighted by Crippen LogP contribution is -2.56. The van der Waals surface area contributed by atoms with E-state index in [0.29, 0.717) is 12.3 Å². The zero-order valence-corrected chi connectivity index (χ0v) is 21.8. The Morgan fingerprint density at radius 1 is 1.20 bits per heavy atom. The first-order chi connectivity index (χ1) is 16.8. The van der Waals surface area contributed by atoms with Gasteiger partial charge in [0.2, 0.25) is 17.7 Å². The number of ether oxygens (including phenoxy) is 1. The van der Waals surface area contributed by atoms with E-state index in [2.05, 4.69) is 17.6 Å². The number of carbonyl (C=O) groups is 3. The third kappa shape index (κ3) is 7.21. The summed E-state index contributed by atoms with van der Waals surface area (Å²) in [6.45, 7) is 6.50. The summed E-state index contributed by atoms with van der Waals surface area (Å²) in [5, 5.41) is 16.4. The summed E-state index contributed by atoms with van der Waals surface area (Å²) in [6, 6.07) is 8.05. The van der Waals surface area contributed by atoms with E-state index in [1.807, 2.05) is 30.3 Å². The molecule has 2 aliphatic heterocycles. The maximum absolute atomic E-state index is 13.6. The number of nitrogens with zero attached hydrogens (tertiary/aromatic N) is 1. The first kappa shape index (κ1) is 27.5. The quantitative estimate of drug-likeness (QED) is 0.399. The van der Waals surface area contributed by atoms with Gasteiger partial charge in [-0.15, -0.1) is 11.8 Å². The maximum atomic E-state index is 13.6. The molecule has 2 saturated heterocycles. The molecule has 0 unspecified atom stereocenters. The minimum absolute atomic E-state index is 0.143. The third-order valence-corrected chi connectivity index (χ3v) is 7.86. The van der Waals surface area contributed by atoms with Crippen LogP contribution in [-0.4, -0.2) is 69.7 Å². The van der Waals surface area contributed by atoms with Crippen molar-refractivity contribution in [3.05, 3.63) is 35.9 Å². The molecule has 0 bridgehead atoms. The lowest BCUT2D eigenvalue weighted by Gasteiger charge is -2.31. The van der Waals surface area contributed by atoms with Crippen LogP contribution in [0.4, 0.5) is 0 Å². The number of aliphatic hydroxyl groups is 1. The summed E-state index contributed by atoms with van der Waals surface area (Å²) in [5.74, 6) is -0.711. The molecule has 0 spiro atoms. The SMILES string of the molecule is CCCCCCNC(=O)[C@@H]1CS[C@@H]2[C@H](O)[C@@H](OCc3ccccc3)C[C@@H](NC(=O)C(C)C)C(=O)N21. The molecule has 1 aromatic rings. The Labute approximate surface area is 212 Å². The molecule has 1 aromatic carbocycles. The second-order valence-corrected chi connectivity index (χ2v) is 10.8. The number of aliphatic hydroxyl groups excluding tert-OH is 1. The largest absolute Gasteiger partial charge is 0.387 e. The highest BCUT2D eigenvalue weighted by atomic mass is 32.2. The molecular formula is C26H39N3O5S. The zero-order valence-electron chi connectivity index (χ0n) is 20.9. The Bertz CT molecular complexity index is 853. The number of amides is 3. The van der Waals surface area contributed by atoms with E-state index in [0.717, 1.165) is 31.2 Å². The number of nitrogens with one attached hydrogen (secondary N) is 2. The molecule has 35 heavy (non-hydrogen) atoms. The summed E-state index contributed by atoms with van der Waals surface area (Å²) in [7, 11) is 0. The van der Waals surface area contributed by atoms with Crippen LogP contribution in [0.1, 0.15) is 58.4 Å². The predicted octanol–water partition coefficient (Wildman–Crippen LogP) is 2.44. The smallest absolute Gasteiger partial charge is 0.246 e. The molecule has 8 nitrogen and oxygen atoms in total. The fourth-order valence-electron chi connectivity index (χ4n) is 4.39. The Balaban J connectivity index is 1.76. The number of thioether (sulfide) groups is 1.